The van der Waals surface area contributed by atoms with E-state index in [1.54, 1.807) is 0 Å². The lowest BCUT2D eigenvalue weighted by molar-refractivity contribution is -0.147. The molecule has 15 heavy (non-hydrogen) atoms. The van der Waals surface area contributed by atoms with Crippen molar-refractivity contribution in [3.05, 3.63) is 11.6 Å². The van der Waals surface area contributed by atoms with Gasteiger partial charge in [-0.05, 0) is 25.7 Å². The van der Waals surface area contributed by atoms with Gasteiger partial charge in [-0.15, -0.1) is 0 Å². The normalized spacial score (nSPS) is 26.0. The number of hydrogen-bond donors (Lipinski definition) is 0. The molecule has 0 spiro atoms. The average Bonchev–Trinajstić information content (AvgIpc) is 2.26. The largest absolute Gasteiger partial charge is 0.469 e. The van der Waals surface area contributed by atoms with Crippen molar-refractivity contribution < 1.29 is 14.3 Å². The number of halogens is 1. The predicted octanol–water partition coefficient (Wildman–Crippen LogP) is 2.49. The molecule has 0 aromatic rings. The highest BCUT2D eigenvalue weighted by Gasteiger charge is 2.27. The second-order valence-electron chi connectivity index (χ2n) is 3.83. The van der Waals surface area contributed by atoms with Crippen LogP contribution in [-0.2, 0) is 14.3 Å². The molecule has 86 valence electrons. The smallest absolute Gasteiger partial charge is 0.308 e. The number of esters is 1. The molecule has 0 bridgehead atoms. The van der Waals surface area contributed by atoms with Gasteiger partial charge in [-0.2, -0.15) is 0 Å². The predicted molar refractivity (Wildman–Crippen MR) is 58.7 cm³/mol. The molecule has 0 unspecified atom stereocenters. The molecule has 0 aliphatic heterocycles. The Morgan fingerprint density at radius 3 is 2.47 bits per heavy atom. The lowest BCUT2D eigenvalue weighted by atomic mass is 9.87. The highest BCUT2D eigenvalue weighted by Crippen LogP contribution is 2.27. The minimum Gasteiger partial charge on any atom is -0.469 e. The minimum absolute atomic E-state index is 0.0500. The van der Waals surface area contributed by atoms with Crippen LogP contribution in [0.1, 0.15) is 25.7 Å². The molecule has 0 heterocycles. The first-order valence-electron chi connectivity index (χ1n) is 5.16. The van der Waals surface area contributed by atoms with E-state index in [2.05, 4.69) is 6.58 Å². The maximum absolute atomic E-state index is 11.2. The summed E-state index contributed by atoms with van der Waals surface area (Å²) in [6.45, 7) is 3.96. The Hall–Kier alpha value is -0.540. The molecule has 0 saturated heterocycles. The molecule has 1 aliphatic carbocycles. The van der Waals surface area contributed by atoms with Crippen LogP contribution in [0.3, 0.4) is 0 Å². The van der Waals surface area contributed by atoms with Gasteiger partial charge in [0.1, 0.15) is 0 Å². The van der Waals surface area contributed by atoms with E-state index < -0.39 is 0 Å². The first kappa shape index (κ1) is 12.5. The first-order chi connectivity index (χ1) is 7.13. The summed E-state index contributed by atoms with van der Waals surface area (Å²) >= 11 is 5.60. The molecular weight excluding hydrogens is 216 g/mol. The number of methoxy groups -OCH3 is 1. The fraction of sp³-hybridized carbons (Fsp3) is 0.727. The van der Waals surface area contributed by atoms with E-state index in [0.29, 0.717) is 11.6 Å². The van der Waals surface area contributed by atoms with Crippen molar-refractivity contribution in [2.24, 2.45) is 5.92 Å². The van der Waals surface area contributed by atoms with Crippen LogP contribution < -0.4 is 0 Å². The second-order valence-corrected chi connectivity index (χ2v) is 4.36. The topological polar surface area (TPSA) is 35.5 Å². The van der Waals surface area contributed by atoms with Crippen molar-refractivity contribution in [1.29, 1.82) is 0 Å². The molecule has 0 aromatic carbocycles. The zero-order valence-electron chi connectivity index (χ0n) is 9.00. The molecule has 0 atom stereocenters. The van der Waals surface area contributed by atoms with Crippen molar-refractivity contribution in [3.8, 4) is 0 Å². The van der Waals surface area contributed by atoms with Gasteiger partial charge in [-0.1, -0.05) is 18.2 Å². The molecule has 0 radical (unpaired) electrons. The lowest BCUT2D eigenvalue weighted by Crippen LogP contribution is -2.27. The SMILES string of the molecule is C=C(Cl)COC1CCC(C(=O)OC)CC1. The summed E-state index contributed by atoms with van der Waals surface area (Å²) in [5, 5.41) is 0.519. The van der Waals surface area contributed by atoms with E-state index in [9.17, 15) is 4.79 Å². The summed E-state index contributed by atoms with van der Waals surface area (Å²) in [4.78, 5) is 11.2. The molecule has 4 heteroatoms. The van der Waals surface area contributed by atoms with Gasteiger partial charge in [0, 0.05) is 5.03 Å². The first-order valence-corrected chi connectivity index (χ1v) is 5.54. The third-order valence-electron chi connectivity index (χ3n) is 2.68. The van der Waals surface area contributed by atoms with E-state index in [4.69, 9.17) is 21.1 Å². The molecule has 3 nitrogen and oxygen atoms in total. The van der Waals surface area contributed by atoms with E-state index in [1.807, 2.05) is 0 Å². The Kier molecular flexibility index (Phi) is 5.12. The molecule has 1 fully saturated rings. The average molecular weight is 233 g/mol. The van der Waals surface area contributed by atoms with Crippen molar-refractivity contribution in [1.82, 2.24) is 0 Å². The van der Waals surface area contributed by atoms with Gasteiger partial charge in [0.25, 0.3) is 0 Å². The van der Waals surface area contributed by atoms with Crippen LogP contribution in [0.5, 0.6) is 0 Å². The maximum atomic E-state index is 11.2. The summed E-state index contributed by atoms with van der Waals surface area (Å²) < 4.78 is 10.2. The number of carbonyl (C=O) groups excluding carboxylic acids is 1. The Balaban J connectivity index is 2.23. The van der Waals surface area contributed by atoms with Crippen molar-refractivity contribution >= 4 is 17.6 Å². The second kappa shape index (κ2) is 6.13. The Bertz CT molecular complexity index is 232. The van der Waals surface area contributed by atoms with E-state index in [-0.39, 0.29) is 18.0 Å². The van der Waals surface area contributed by atoms with Crippen LogP contribution >= 0.6 is 11.6 Å². The molecule has 1 rings (SSSR count). The molecule has 0 amide bonds. The van der Waals surface area contributed by atoms with Crippen LogP contribution in [0.15, 0.2) is 11.6 Å². The molecule has 1 saturated carbocycles. The van der Waals surface area contributed by atoms with Gasteiger partial charge in [0.15, 0.2) is 0 Å². The van der Waals surface area contributed by atoms with Crippen molar-refractivity contribution in [2.45, 2.75) is 31.8 Å². The zero-order valence-corrected chi connectivity index (χ0v) is 9.76. The summed E-state index contributed by atoms with van der Waals surface area (Å²) in [6.07, 6.45) is 3.67. The fourth-order valence-corrected chi connectivity index (χ4v) is 1.90. The number of rotatable bonds is 4. The number of ether oxygens (including phenoxy) is 2. The van der Waals surface area contributed by atoms with Gasteiger partial charge >= 0.3 is 5.97 Å². The minimum atomic E-state index is -0.102. The summed E-state index contributed by atoms with van der Waals surface area (Å²) in [7, 11) is 1.43. The standard InChI is InChI=1S/C11H17ClO3/c1-8(12)7-15-10-5-3-9(4-6-10)11(13)14-2/h9-10H,1,3-7H2,2H3. The molecular formula is C11H17ClO3. The van der Waals surface area contributed by atoms with E-state index in [1.165, 1.54) is 7.11 Å². The Labute approximate surface area is 95.4 Å². The lowest BCUT2D eigenvalue weighted by Gasteiger charge is -2.26. The third-order valence-corrected chi connectivity index (χ3v) is 2.79. The van der Waals surface area contributed by atoms with Crippen LogP contribution in [-0.4, -0.2) is 25.8 Å². The highest BCUT2D eigenvalue weighted by molar-refractivity contribution is 6.29. The molecule has 0 aromatic heterocycles. The number of carbonyl (C=O) groups is 1. The quantitative estimate of drug-likeness (QED) is 0.699. The van der Waals surface area contributed by atoms with E-state index >= 15 is 0 Å². The summed E-state index contributed by atoms with van der Waals surface area (Å²) in [5.74, 6) is -0.0516. The van der Waals surface area contributed by atoms with Crippen LogP contribution in [0.2, 0.25) is 0 Å². The van der Waals surface area contributed by atoms with Crippen LogP contribution in [0.25, 0.3) is 0 Å². The monoisotopic (exact) mass is 232 g/mol. The van der Waals surface area contributed by atoms with Gasteiger partial charge in [-0.25, -0.2) is 0 Å². The molecule has 1 aliphatic rings. The Morgan fingerprint density at radius 1 is 1.40 bits per heavy atom. The zero-order chi connectivity index (χ0) is 11.3. The molecule has 0 N–H and O–H groups in total. The highest BCUT2D eigenvalue weighted by atomic mass is 35.5. The van der Waals surface area contributed by atoms with Crippen molar-refractivity contribution in [3.63, 3.8) is 0 Å². The number of hydrogen-bond acceptors (Lipinski definition) is 3. The Morgan fingerprint density at radius 2 is 2.00 bits per heavy atom. The van der Waals surface area contributed by atoms with E-state index in [0.717, 1.165) is 25.7 Å². The van der Waals surface area contributed by atoms with Crippen LogP contribution in [0.4, 0.5) is 0 Å². The van der Waals surface area contributed by atoms with Gasteiger partial charge in [0.05, 0.1) is 25.7 Å². The summed E-state index contributed by atoms with van der Waals surface area (Å²) in [6, 6.07) is 0. The maximum Gasteiger partial charge on any atom is 0.308 e. The van der Waals surface area contributed by atoms with Gasteiger partial charge in [-0.3, -0.25) is 4.79 Å². The van der Waals surface area contributed by atoms with Crippen molar-refractivity contribution in [2.75, 3.05) is 13.7 Å². The van der Waals surface area contributed by atoms with Crippen LogP contribution in [0, 0.1) is 5.92 Å². The third kappa shape index (κ3) is 4.22. The summed E-state index contributed by atoms with van der Waals surface area (Å²) in [5.41, 5.74) is 0. The van der Waals surface area contributed by atoms with Gasteiger partial charge < -0.3 is 9.47 Å². The van der Waals surface area contributed by atoms with Gasteiger partial charge in [0.2, 0.25) is 0 Å². The fourth-order valence-electron chi connectivity index (χ4n) is 1.84.